The molecule has 4 nitrogen and oxygen atoms in total. The van der Waals surface area contributed by atoms with E-state index in [0.717, 1.165) is 70.6 Å². The number of hydrogen-bond donors (Lipinski definition) is 1. The fourth-order valence-electron chi connectivity index (χ4n) is 5.78. The fraction of sp³-hybridized carbons (Fsp3) is 0.0541. The first kappa shape index (κ1) is 25.8. The zero-order valence-corrected chi connectivity index (χ0v) is 23.9. The average molecular weight is 559 g/mol. The van der Waals surface area contributed by atoms with Gasteiger partial charge >= 0.3 is 0 Å². The molecule has 6 aromatic rings. The van der Waals surface area contributed by atoms with Gasteiger partial charge in [-0.3, -0.25) is 9.55 Å². The number of nitrogens with zero attached hydrogens (tertiary/aromatic N) is 4. The molecule has 0 unspecified atom stereocenters. The summed E-state index contributed by atoms with van der Waals surface area (Å²) in [7, 11) is 0. The molecule has 0 aliphatic heterocycles. The van der Waals surface area contributed by atoms with Crippen molar-refractivity contribution in [2.24, 2.45) is 0 Å². The van der Waals surface area contributed by atoms with E-state index >= 15 is 0 Å². The Morgan fingerprint density at radius 1 is 0.976 bits per heavy atom. The molecule has 200 valence electrons. The van der Waals surface area contributed by atoms with Crippen molar-refractivity contribution < 1.29 is 0 Å². The second kappa shape index (κ2) is 10.7. The first-order chi connectivity index (χ1) is 20.7. The molecule has 0 amide bonds. The van der Waals surface area contributed by atoms with Crippen molar-refractivity contribution in [3.05, 3.63) is 120 Å². The van der Waals surface area contributed by atoms with Crippen LogP contribution in [0.2, 0.25) is 0 Å². The van der Waals surface area contributed by atoms with Crippen molar-refractivity contribution in [3.63, 3.8) is 0 Å². The number of rotatable bonds is 4. The van der Waals surface area contributed by atoms with Crippen LogP contribution >= 0.6 is 12.6 Å². The van der Waals surface area contributed by atoms with E-state index < -0.39 is 0 Å². The van der Waals surface area contributed by atoms with Crippen molar-refractivity contribution in [3.8, 4) is 29.0 Å². The van der Waals surface area contributed by atoms with Crippen LogP contribution in [0.1, 0.15) is 18.9 Å². The first-order valence-electron chi connectivity index (χ1n) is 13.8. The van der Waals surface area contributed by atoms with Crippen LogP contribution in [0.3, 0.4) is 0 Å². The molecule has 0 N–H and O–H groups in total. The molecule has 5 heteroatoms. The minimum Gasteiger partial charge on any atom is -0.275 e. The Kier molecular flexibility index (Phi) is 6.54. The lowest BCUT2D eigenvalue weighted by Gasteiger charge is -2.15. The summed E-state index contributed by atoms with van der Waals surface area (Å²) in [4.78, 5) is 16.0. The average Bonchev–Trinajstić information content (AvgIpc) is 3.15. The number of pyridine rings is 1. The number of thiol groups is 1. The predicted octanol–water partition coefficient (Wildman–Crippen LogP) is 7.19. The summed E-state index contributed by atoms with van der Waals surface area (Å²) in [5.74, 6) is 7.19. The van der Waals surface area contributed by atoms with Gasteiger partial charge in [0.15, 0.2) is 0 Å². The number of allylic oxidation sites excluding steroid dienone is 5. The second-order valence-electron chi connectivity index (χ2n) is 9.94. The monoisotopic (exact) mass is 558 g/mol. The Balaban J connectivity index is 1.70. The van der Waals surface area contributed by atoms with Gasteiger partial charge in [0.1, 0.15) is 0 Å². The smallest absolute Gasteiger partial charge is 0.235 e. The van der Waals surface area contributed by atoms with Gasteiger partial charge in [-0.05, 0) is 42.0 Å². The van der Waals surface area contributed by atoms with Gasteiger partial charge in [-0.2, -0.15) is 0 Å². The SMILES string of the molecule is C=C/C=c1/nc(-n2c3cccnc3c3c4ccccc4c(C4=CC=CCC#C4)c(S)c32)nc(-c2ccccc2)/c1=C/C. The summed E-state index contributed by atoms with van der Waals surface area (Å²) < 4.78 is 2.10. The van der Waals surface area contributed by atoms with E-state index in [0.29, 0.717) is 12.4 Å². The summed E-state index contributed by atoms with van der Waals surface area (Å²) in [6.45, 7) is 5.97. The molecule has 3 heterocycles. The van der Waals surface area contributed by atoms with Gasteiger partial charge in [0.25, 0.3) is 0 Å². The third-order valence-corrected chi connectivity index (χ3v) is 7.97. The first-order valence-corrected chi connectivity index (χ1v) is 14.3. The molecule has 0 atom stereocenters. The molecule has 3 aromatic heterocycles. The number of fused-ring (bicyclic) bond motifs is 5. The molecular formula is C37H26N4S. The van der Waals surface area contributed by atoms with Gasteiger partial charge in [-0.25, -0.2) is 9.97 Å². The van der Waals surface area contributed by atoms with Crippen molar-refractivity contribution in [1.29, 1.82) is 0 Å². The Labute approximate surface area is 249 Å². The molecule has 1 aliphatic rings. The highest BCUT2D eigenvalue weighted by Crippen LogP contribution is 2.43. The van der Waals surface area contributed by atoms with Gasteiger partial charge in [-0.1, -0.05) is 97.3 Å². The minimum atomic E-state index is 0.540. The third-order valence-electron chi connectivity index (χ3n) is 7.54. The minimum absolute atomic E-state index is 0.540. The van der Waals surface area contributed by atoms with Crippen molar-refractivity contribution in [1.82, 2.24) is 19.5 Å². The highest BCUT2D eigenvalue weighted by molar-refractivity contribution is 7.80. The summed E-state index contributed by atoms with van der Waals surface area (Å²) >= 11 is 5.25. The summed E-state index contributed by atoms with van der Waals surface area (Å²) in [5.41, 5.74) is 6.45. The van der Waals surface area contributed by atoms with Crippen LogP contribution in [-0.4, -0.2) is 19.5 Å². The molecule has 0 bridgehead atoms. The molecule has 42 heavy (non-hydrogen) atoms. The lowest BCUT2D eigenvalue weighted by Crippen LogP contribution is -2.33. The van der Waals surface area contributed by atoms with E-state index in [9.17, 15) is 0 Å². The summed E-state index contributed by atoms with van der Waals surface area (Å²) in [5, 5.41) is 4.92. The summed E-state index contributed by atoms with van der Waals surface area (Å²) in [6.07, 6.45) is 14.5. The van der Waals surface area contributed by atoms with Crippen LogP contribution in [-0.2, 0) is 0 Å². The molecule has 3 aromatic carbocycles. The third kappa shape index (κ3) is 4.08. The van der Waals surface area contributed by atoms with E-state index in [-0.39, 0.29) is 0 Å². The van der Waals surface area contributed by atoms with Crippen LogP contribution < -0.4 is 10.6 Å². The lowest BCUT2D eigenvalue weighted by molar-refractivity contribution is 0.958. The van der Waals surface area contributed by atoms with Crippen LogP contribution in [0.25, 0.3) is 67.6 Å². The number of aromatic nitrogens is 4. The largest absolute Gasteiger partial charge is 0.275 e. The molecule has 0 radical (unpaired) electrons. The lowest BCUT2D eigenvalue weighted by atomic mass is 9.95. The van der Waals surface area contributed by atoms with Gasteiger partial charge in [0.05, 0.1) is 27.6 Å². The van der Waals surface area contributed by atoms with Gasteiger partial charge in [0, 0.05) is 44.8 Å². The van der Waals surface area contributed by atoms with Crippen molar-refractivity contribution in [2.45, 2.75) is 18.2 Å². The second-order valence-corrected chi connectivity index (χ2v) is 10.4. The molecule has 0 fully saturated rings. The van der Waals surface area contributed by atoms with E-state index in [4.69, 9.17) is 27.6 Å². The Morgan fingerprint density at radius 3 is 2.60 bits per heavy atom. The van der Waals surface area contributed by atoms with E-state index in [2.05, 4.69) is 89.8 Å². The van der Waals surface area contributed by atoms with Crippen molar-refractivity contribution >= 4 is 63.1 Å². The quantitative estimate of drug-likeness (QED) is 0.184. The Bertz CT molecular complexity index is 2310. The van der Waals surface area contributed by atoms with Crippen LogP contribution in [0.4, 0.5) is 0 Å². The fourth-order valence-corrected chi connectivity index (χ4v) is 6.23. The number of hydrogen-bond acceptors (Lipinski definition) is 4. The van der Waals surface area contributed by atoms with Crippen LogP contribution in [0.15, 0.2) is 109 Å². The highest BCUT2D eigenvalue weighted by atomic mass is 32.1. The van der Waals surface area contributed by atoms with E-state index in [1.807, 2.05) is 43.5 Å². The van der Waals surface area contributed by atoms with Gasteiger partial charge in [-0.15, -0.1) is 12.6 Å². The zero-order valence-electron chi connectivity index (χ0n) is 23.0. The van der Waals surface area contributed by atoms with Crippen LogP contribution in [0, 0.1) is 11.8 Å². The van der Waals surface area contributed by atoms with E-state index in [1.54, 1.807) is 6.08 Å². The van der Waals surface area contributed by atoms with Crippen molar-refractivity contribution in [2.75, 3.05) is 0 Å². The topological polar surface area (TPSA) is 43.6 Å². The van der Waals surface area contributed by atoms with E-state index in [1.165, 1.54) is 0 Å². The molecular weight excluding hydrogens is 533 g/mol. The van der Waals surface area contributed by atoms with Crippen LogP contribution in [0.5, 0.6) is 0 Å². The maximum absolute atomic E-state index is 5.25. The predicted molar refractivity (Wildman–Crippen MR) is 178 cm³/mol. The maximum atomic E-state index is 5.25. The molecule has 0 saturated carbocycles. The maximum Gasteiger partial charge on any atom is 0.235 e. The zero-order chi connectivity index (χ0) is 28.6. The Morgan fingerprint density at radius 2 is 1.79 bits per heavy atom. The molecule has 0 saturated heterocycles. The molecule has 7 rings (SSSR count). The number of benzene rings is 3. The highest BCUT2D eigenvalue weighted by Gasteiger charge is 2.24. The standard InChI is InChI=1S/C37H26N4S/c1-3-15-29-26(4-2)33(25-18-10-7-11-19-25)40-37(39-29)41-30-22-14-23-38-34(30)32-28-21-13-12-20-27(28)31(36(42)35(32)41)24-16-8-5-6-9-17-24/h3-5,7-8,10-16,18-23,42H,1,6H2,2H3/b26-4+,29-15+. The summed E-state index contributed by atoms with van der Waals surface area (Å²) in [6, 6.07) is 22.6. The molecule has 0 spiro atoms. The Hall–Kier alpha value is -5.18. The van der Waals surface area contributed by atoms with Gasteiger partial charge in [0.2, 0.25) is 5.95 Å². The van der Waals surface area contributed by atoms with Gasteiger partial charge < -0.3 is 0 Å². The normalized spacial score (nSPS) is 13.8. The molecule has 1 aliphatic carbocycles.